The van der Waals surface area contributed by atoms with Gasteiger partial charge in [-0.15, -0.1) is 0 Å². The van der Waals surface area contributed by atoms with Gasteiger partial charge in [0.05, 0.1) is 18.8 Å². The van der Waals surface area contributed by atoms with Crippen molar-refractivity contribution in [2.75, 3.05) is 13.2 Å². The minimum Gasteiger partial charge on any atom is -0.378 e. The highest BCUT2D eigenvalue weighted by molar-refractivity contribution is 4.75. The molecule has 2 nitrogen and oxygen atoms in total. The summed E-state index contributed by atoms with van der Waals surface area (Å²) in [5, 5.41) is 0. The maximum atomic E-state index is 5.55. The molecule has 2 saturated heterocycles. The Hall–Kier alpha value is -0.0800. The van der Waals surface area contributed by atoms with Gasteiger partial charge in [0.25, 0.3) is 0 Å². The molecule has 0 amide bonds. The molecule has 10 heavy (non-hydrogen) atoms. The molecule has 0 radical (unpaired) electrons. The van der Waals surface area contributed by atoms with Crippen molar-refractivity contribution in [3.8, 4) is 0 Å². The molecule has 0 N–H and O–H groups in total. The number of ether oxygens (including phenoxy) is 2. The molecule has 0 bridgehead atoms. The van der Waals surface area contributed by atoms with E-state index in [4.69, 9.17) is 9.47 Å². The Labute approximate surface area is 61.5 Å². The van der Waals surface area contributed by atoms with Crippen LogP contribution in [-0.4, -0.2) is 25.4 Å². The topological polar surface area (TPSA) is 21.8 Å². The maximum absolute atomic E-state index is 5.55. The molecule has 2 heteroatoms. The molecule has 2 aliphatic heterocycles. The first-order valence-electron chi connectivity index (χ1n) is 4.18. The van der Waals surface area contributed by atoms with Gasteiger partial charge in [-0.25, -0.2) is 0 Å². The van der Waals surface area contributed by atoms with Gasteiger partial charge in [0.2, 0.25) is 0 Å². The van der Waals surface area contributed by atoms with Crippen LogP contribution >= 0.6 is 0 Å². The second-order valence-corrected chi connectivity index (χ2v) is 3.18. The summed E-state index contributed by atoms with van der Waals surface area (Å²) in [4.78, 5) is 0. The van der Waals surface area contributed by atoms with Crippen LogP contribution in [0.3, 0.4) is 0 Å². The molecular weight excluding hydrogens is 128 g/mol. The lowest BCUT2D eigenvalue weighted by molar-refractivity contribution is 0.00713. The lowest BCUT2D eigenvalue weighted by Gasteiger charge is -2.21. The molecule has 0 spiro atoms. The monoisotopic (exact) mass is 142 g/mol. The first kappa shape index (κ1) is 6.62. The van der Waals surface area contributed by atoms with E-state index >= 15 is 0 Å². The van der Waals surface area contributed by atoms with Gasteiger partial charge in [0.15, 0.2) is 0 Å². The molecule has 0 aromatic carbocycles. The van der Waals surface area contributed by atoms with Gasteiger partial charge in [-0.1, -0.05) is 0 Å². The predicted molar refractivity (Wildman–Crippen MR) is 37.9 cm³/mol. The lowest BCUT2D eigenvalue weighted by atomic mass is 10.1. The maximum Gasteiger partial charge on any atom is 0.0834 e. The zero-order valence-electron chi connectivity index (χ0n) is 6.21. The Morgan fingerprint density at radius 3 is 2.60 bits per heavy atom. The third-order valence-electron chi connectivity index (χ3n) is 2.20. The summed E-state index contributed by atoms with van der Waals surface area (Å²) < 4.78 is 10.7. The van der Waals surface area contributed by atoms with Crippen molar-refractivity contribution in [1.29, 1.82) is 0 Å². The van der Waals surface area contributed by atoms with Gasteiger partial charge in [-0.2, -0.15) is 0 Å². The molecule has 0 saturated carbocycles. The molecule has 2 fully saturated rings. The highest BCUT2D eigenvalue weighted by Gasteiger charge is 2.27. The SMILES string of the molecule is C1CC[C@H](C[C@H]2CO2)OC1. The fraction of sp³-hybridized carbons (Fsp3) is 1.00. The zero-order valence-corrected chi connectivity index (χ0v) is 6.21. The summed E-state index contributed by atoms with van der Waals surface area (Å²) in [5.41, 5.74) is 0. The Morgan fingerprint density at radius 2 is 2.00 bits per heavy atom. The van der Waals surface area contributed by atoms with Crippen molar-refractivity contribution in [1.82, 2.24) is 0 Å². The second kappa shape index (κ2) is 2.89. The first-order chi connectivity index (χ1) is 4.95. The van der Waals surface area contributed by atoms with E-state index in [0.717, 1.165) is 19.6 Å². The number of hydrogen-bond acceptors (Lipinski definition) is 2. The van der Waals surface area contributed by atoms with E-state index in [2.05, 4.69) is 0 Å². The molecule has 0 unspecified atom stereocenters. The highest BCUT2D eigenvalue weighted by atomic mass is 16.6. The Balaban J connectivity index is 1.69. The lowest BCUT2D eigenvalue weighted by Crippen LogP contribution is -2.20. The number of rotatable bonds is 2. The van der Waals surface area contributed by atoms with Crippen molar-refractivity contribution in [3.05, 3.63) is 0 Å². The Kier molecular flexibility index (Phi) is 1.91. The van der Waals surface area contributed by atoms with Gasteiger partial charge in [-0.3, -0.25) is 0 Å². The molecule has 0 aromatic heterocycles. The van der Waals surface area contributed by atoms with Gasteiger partial charge in [0, 0.05) is 13.0 Å². The largest absolute Gasteiger partial charge is 0.378 e. The molecule has 2 heterocycles. The summed E-state index contributed by atoms with van der Waals surface area (Å²) in [6.45, 7) is 1.94. The fourth-order valence-corrected chi connectivity index (χ4v) is 1.49. The Morgan fingerprint density at radius 1 is 1.10 bits per heavy atom. The second-order valence-electron chi connectivity index (χ2n) is 3.18. The molecule has 0 aliphatic carbocycles. The summed E-state index contributed by atoms with van der Waals surface area (Å²) in [6, 6.07) is 0. The summed E-state index contributed by atoms with van der Waals surface area (Å²) in [7, 11) is 0. The summed E-state index contributed by atoms with van der Waals surface area (Å²) in [5.74, 6) is 0. The van der Waals surface area contributed by atoms with Gasteiger partial charge in [-0.05, 0) is 19.3 Å². The van der Waals surface area contributed by atoms with Crippen molar-refractivity contribution < 1.29 is 9.47 Å². The van der Waals surface area contributed by atoms with E-state index in [-0.39, 0.29) is 0 Å². The fourth-order valence-electron chi connectivity index (χ4n) is 1.49. The average molecular weight is 142 g/mol. The van der Waals surface area contributed by atoms with Crippen LogP contribution in [-0.2, 0) is 9.47 Å². The average Bonchev–Trinajstić information content (AvgIpc) is 2.74. The van der Waals surface area contributed by atoms with Crippen LogP contribution in [0.5, 0.6) is 0 Å². The van der Waals surface area contributed by atoms with E-state index in [1.807, 2.05) is 0 Å². The standard InChI is InChI=1S/C8H14O2/c1-2-4-9-7(3-1)5-8-6-10-8/h7-8H,1-6H2/t7-,8+/m1/s1. The summed E-state index contributed by atoms with van der Waals surface area (Å²) in [6.07, 6.45) is 6.04. The molecule has 2 atom stereocenters. The third kappa shape index (κ3) is 1.70. The quantitative estimate of drug-likeness (QED) is 0.543. The zero-order chi connectivity index (χ0) is 6.81. The van der Waals surface area contributed by atoms with Crippen molar-refractivity contribution in [2.45, 2.75) is 37.9 Å². The van der Waals surface area contributed by atoms with Crippen LogP contribution in [0.2, 0.25) is 0 Å². The van der Waals surface area contributed by atoms with E-state index < -0.39 is 0 Å². The Bertz CT molecular complexity index is 104. The molecule has 0 aromatic rings. The number of epoxide rings is 1. The van der Waals surface area contributed by atoms with Crippen LogP contribution in [0.1, 0.15) is 25.7 Å². The molecule has 2 rings (SSSR count). The van der Waals surface area contributed by atoms with Crippen LogP contribution in [0, 0.1) is 0 Å². The summed E-state index contributed by atoms with van der Waals surface area (Å²) >= 11 is 0. The van der Waals surface area contributed by atoms with Crippen molar-refractivity contribution in [2.24, 2.45) is 0 Å². The van der Waals surface area contributed by atoms with E-state index in [1.165, 1.54) is 19.3 Å². The van der Waals surface area contributed by atoms with Crippen molar-refractivity contribution in [3.63, 3.8) is 0 Å². The van der Waals surface area contributed by atoms with Crippen LogP contribution in [0.15, 0.2) is 0 Å². The van der Waals surface area contributed by atoms with Gasteiger partial charge < -0.3 is 9.47 Å². The van der Waals surface area contributed by atoms with E-state index in [1.54, 1.807) is 0 Å². The minimum absolute atomic E-state index is 0.515. The van der Waals surface area contributed by atoms with Crippen LogP contribution < -0.4 is 0 Å². The minimum atomic E-state index is 0.515. The van der Waals surface area contributed by atoms with E-state index in [9.17, 15) is 0 Å². The van der Waals surface area contributed by atoms with E-state index in [0.29, 0.717) is 12.2 Å². The smallest absolute Gasteiger partial charge is 0.0834 e. The molecular formula is C8H14O2. The van der Waals surface area contributed by atoms with Crippen molar-refractivity contribution >= 4 is 0 Å². The normalized spacial score (nSPS) is 39.6. The third-order valence-corrected chi connectivity index (χ3v) is 2.20. The highest BCUT2D eigenvalue weighted by Crippen LogP contribution is 2.23. The predicted octanol–water partition coefficient (Wildman–Crippen LogP) is 1.34. The number of hydrogen-bond donors (Lipinski definition) is 0. The molecule has 58 valence electrons. The first-order valence-corrected chi connectivity index (χ1v) is 4.18. The van der Waals surface area contributed by atoms with Gasteiger partial charge >= 0.3 is 0 Å². The molecule has 2 aliphatic rings. The van der Waals surface area contributed by atoms with Crippen LogP contribution in [0.4, 0.5) is 0 Å². The van der Waals surface area contributed by atoms with Crippen LogP contribution in [0.25, 0.3) is 0 Å². The van der Waals surface area contributed by atoms with Gasteiger partial charge in [0.1, 0.15) is 0 Å².